The van der Waals surface area contributed by atoms with Crippen LogP contribution in [0.2, 0.25) is 0 Å². The number of hydrogen-bond acceptors (Lipinski definition) is 6. The highest BCUT2D eigenvalue weighted by molar-refractivity contribution is 5.78. The molecule has 8 nitrogen and oxygen atoms in total. The molecule has 2 unspecified atom stereocenters. The van der Waals surface area contributed by atoms with Gasteiger partial charge in [0.1, 0.15) is 0 Å². The van der Waals surface area contributed by atoms with Gasteiger partial charge in [-0.15, -0.1) is 0 Å². The summed E-state index contributed by atoms with van der Waals surface area (Å²) in [6.07, 6.45) is -0.351. The van der Waals surface area contributed by atoms with Gasteiger partial charge in [0.15, 0.2) is 11.1 Å². The molecule has 0 aliphatic carbocycles. The molecule has 0 aliphatic rings. The summed E-state index contributed by atoms with van der Waals surface area (Å²) >= 11 is 0. The van der Waals surface area contributed by atoms with Crippen LogP contribution in [0.15, 0.2) is 10.2 Å². The Balaban J connectivity index is 5.12. The molecule has 0 saturated carbocycles. The molecule has 2 N–H and O–H groups in total. The van der Waals surface area contributed by atoms with Crippen molar-refractivity contribution in [3.8, 4) is 12.1 Å². The topological polar surface area (TPSA) is 130 Å². The molecule has 0 aromatic carbocycles. The molecule has 0 spiro atoms. The standard InChI is InChI=1S/C12H18N6O2/c1-11(7-13,5-9(19)15-3)17-18-12(2,8-14)6-10(20)16-4/h5-6H2,1-4H3,(H,15,19)(H,16,20)/b18-17+. The van der Waals surface area contributed by atoms with Gasteiger partial charge in [0.25, 0.3) is 0 Å². The zero-order valence-electron chi connectivity index (χ0n) is 12.0. The molecule has 0 radical (unpaired) electrons. The molecule has 0 bridgehead atoms. The highest BCUT2D eigenvalue weighted by Gasteiger charge is 2.31. The van der Waals surface area contributed by atoms with E-state index in [2.05, 4.69) is 20.9 Å². The fourth-order valence-electron chi connectivity index (χ4n) is 1.22. The van der Waals surface area contributed by atoms with Crippen LogP contribution in [0.4, 0.5) is 0 Å². The minimum Gasteiger partial charge on any atom is -0.359 e. The average Bonchev–Trinajstić information content (AvgIpc) is 2.45. The van der Waals surface area contributed by atoms with Crippen LogP contribution in [0.5, 0.6) is 0 Å². The zero-order chi connectivity index (χ0) is 15.8. The van der Waals surface area contributed by atoms with E-state index in [0.717, 1.165) is 0 Å². The summed E-state index contributed by atoms with van der Waals surface area (Å²) in [4.78, 5) is 22.6. The van der Waals surface area contributed by atoms with Crippen molar-refractivity contribution < 1.29 is 9.59 Å². The van der Waals surface area contributed by atoms with E-state index in [4.69, 9.17) is 10.5 Å². The summed E-state index contributed by atoms with van der Waals surface area (Å²) in [6.45, 7) is 2.87. The molecule has 2 atom stereocenters. The second kappa shape index (κ2) is 7.19. The Morgan fingerprint density at radius 2 is 1.25 bits per heavy atom. The third-order valence-corrected chi connectivity index (χ3v) is 2.54. The molecular formula is C12H18N6O2. The first-order valence-electron chi connectivity index (χ1n) is 5.92. The van der Waals surface area contributed by atoms with Crippen LogP contribution >= 0.6 is 0 Å². The Morgan fingerprint density at radius 3 is 1.45 bits per heavy atom. The molecule has 0 rings (SSSR count). The van der Waals surface area contributed by atoms with Gasteiger partial charge >= 0.3 is 0 Å². The van der Waals surface area contributed by atoms with E-state index in [0.29, 0.717) is 0 Å². The van der Waals surface area contributed by atoms with E-state index >= 15 is 0 Å². The number of hydrogen-bond donors (Lipinski definition) is 2. The molecule has 0 aromatic rings. The Hall–Kier alpha value is -2.48. The van der Waals surface area contributed by atoms with Crippen molar-refractivity contribution in [1.29, 1.82) is 10.5 Å². The van der Waals surface area contributed by atoms with Crippen LogP contribution < -0.4 is 10.6 Å². The first kappa shape index (κ1) is 17.5. The summed E-state index contributed by atoms with van der Waals surface area (Å²) in [5.74, 6) is -0.726. The third kappa shape index (κ3) is 5.44. The second-order valence-corrected chi connectivity index (χ2v) is 4.67. The Labute approximate surface area is 117 Å². The number of azo groups is 1. The zero-order valence-corrected chi connectivity index (χ0v) is 12.0. The van der Waals surface area contributed by atoms with Crippen molar-refractivity contribution in [3.05, 3.63) is 0 Å². The Bertz CT molecular complexity index is 445. The largest absolute Gasteiger partial charge is 0.359 e. The summed E-state index contributed by atoms with van der Waals surface area (Å²) in [7, 11) is 2.89. The molecule has 0 heterocycles. The van der Waals surface area contributed by atoms with E-state index in [1.54, 1.807) is 0 Å². The molecule has 20 heavy (non-hydrogen) atoms. The summed E-state index contributed by atoms with van der Waals surface area (Å²) in [5.41, 5.74) is -2.75. The van der Waals surface area contributed by atoms with Crippen LogP contribution in [0, 0.1) is 22.7 Å². The van der Waals surface area contributed by atoms with Crippen molar-refractivity contribution >= 4 is 11.8 Å². The monoisotopic (exact) mass is 278 g/mol. The normalized spacial score (nSPS) is 16.3. The lowest BCUT2D eigenvalue weighted by atomic mass is 9.99. The van der Waals surface area contributed by atoms with Gasteiger partial charge in [0.2, 0.25) is 11.8 Å². The summed E-state index contributed by atoms with van der Waals surface area (Å²) in [5, 5.41) is 30.5. The first-order valence-corrected chi connectivity index (χ1v) is 5.92. The van der Waals surface area contributed by atoms with Gasteiger partial charge in [-0.05, 0) is 13.8 Å². The SMILES string of the molecule is CNC(=O)CC(C)(C#N)/N=N/C(C)(C#N)CC(=O)NC. The minimum absolute atomic E-state index is 0.176. The lowest BCUT2D eigenvalue weighted by Crippen LogP contribution is -2.33. The summed E-state index contributed by atoms with van der Waals surface area (Å²) < 4.78 is 0. The van der Waals surface area contributed by atoms with Gasteiger partial charge in [-0.2, -0.15) is 20.8 Å². The predicted octanol–water partition coefficient (Wildman–Crippen LogP) is 0.275. The number of nitrogens with zero attached hydrogens (tertiary/aromatic N) is 4. The van der Waals surface area contributed by atoms with Crippen molar-refractivity contribution in [2.75, 3.05) is 14.1 Å². The fraction of sp³-hybridized carbons (Fsp3) is 0.667. The molecular weight excluding hydrogens is 260 g/mol. The lowest BCUT2D eigenvalue weighted by molar-refractivity contribution is -0.122. The molecule has 108 valence electrons. The van der Waals surface area contributed by atoms with Crippen LogP contribution in [0.25, 0.3) is 0 Å². The van der Waals surface area contributed by atoms with Crippen LogP contribution in [0.1, 0.15) is 26.7 Å². The van der Waals surface area contributed by atoms with E-state index < -0.39 is 11.1 Å². The predicted molar refractivity (Wildman–Crippen MR) is 70.3 cm³/mol. The second-order valence-electron chi connectivity index (χ2n) is 4.67. The number of carbonyl (C=O) groups excluding carboxylic acids is 2. The maximum atomic E-state index is 11.3. The smallest absolute Gasteiger partial charge is 0.223 e. The van der Waals surface area contributed by atoms with Gasteiger partial charge in [-0.3, -0.25) is 9.59 Å². The summed E-state index contributed by atoms with van der Waals surface area (Å²) in [6, 6.07) is 3.75. The van der Waals surface area contributed by atoms with Gasteiger partial charge in [0, 0.05) is 14.1 Å². The minimum atomic E-state index is -1.37. The van der Waals surface area contributed by atoms with Gasteiger partial charge in [-0.1, -0.05) is 0 Å². The molecule has 2 amide bonds. The van der Waals surface area contributed by atoms with Crippen LogP contribution in [0.3, 0.4) is 0 Å². The molecule has 0 saturated heterocycles. The van der Waals surface area contributed by atoms with Crippen molar-refractivity contribution in [1.82, 2.24) is 10.6 Å². The fourth-order valence-corrected chi connectivity index (χ4v) is 1.22. The average molecular weight is 278 g/mol. The maximum Gasteiger partial charge on any atom is 0.223 e. The van der Waals surface area contributed by atoms with E-state index in [1.165, 1.54) is 27.9 Å². The van der Waals surface area contributed by atoms with Crippen LogP contribution in [-0.4, -0.2) is 37.0 Å². The Kier molecular flexibility index (Phi) is 6.30. The van der Waals surface area contributed by atoms with Gasteiger partial charge in [0.05, 0.1) is 25.0 Å². The van der Waals surface area contributed by atoms with Crippen molar-refractivity contribution in [2.24, 2.45) is 10.2 Å². The van der Waals surface area contributed by atoms with E-state index in [-0.39, 0.29) is 24.7 Å². The molecule has 8 heteroatoms. The Morgan fingerprint density at radius 1 is 0.950 bits per heavy atom. The third-order valence-electron chi connectivity index (χ3n) is 2.54. The number of nitrogens with one attached hydrogen (secondary N) is 2. The number of amides is 2. The van der Waals surface area contributed by atoms with Gasteiger partial charge in [-0.25, -0.2) is 0 Å². The number of nitriles is 2. The van der Waals surface area contributed by atoms with E-state index in [9.17, 15) is 9.59 Å². The maximum absolute atomic E-state index is 11.3. The first-order chi connectivity index (χ1) is 9.24. The van der Waals surface area contributed by atoms with Crippen molar-refractivity contribution in [2.45, 2.75) is 37.8 Å². The molecule has 0 fully saturated rings. The molecule has 0 aliphatic heterocycles. The van der Waals surface area contributed by atoms with Crippen molar-refractivity contribution in [3.63, 3.8) is 0 Å². The van der Waals surface area contributed by atoms with Gasteiger partial charge < -0.3 is 10.6 Å². The number of carbonyl (C=O) groups is 2. The highest BCUT2D eigenvalue weighted by atomic mass is 16.2. The highest BCUT2D eigenvalue weighted by Crippen LogP contribution is 2.21. The quantitative estimate of drug-likeness (QED) is 0.675. The van der Waals surface area contributed by atoms with E-state index in [1.807, 2.05) is 12.1 Å². The lowest BCUT2D eigenvalue weighted by Gasteiger charge is -2.18. The number of rotatable bonds is 6. The molecule has 0 aromatic heterocycles. The van der Waals surface area contributed by atoms with Crippen LogP contribution in [-0.2, 0) is 9.59 Å².